The van der Waals surface area contributed by atoms with Gasteiger partial charge in [-0.3, -0.25) is 19.8 Å². The Morgan fingerprint density at radius 3 is 2.69 bits per heavy atom. The van der Waals surface area contributed by atoms with E-state index in [2.05, 4.69) is 11.9 Å². The van der Waals surface area contributed by atoms with E-state index >= 15 is 0 Å². The Labute approximate surface area is 96.7 Å². The topological polar surface area (TPSA) is 49.4 Å². The van der Waals surface area contributed by atoms with Gasteiger partial charge in [0.25, 0.3) is 0 Å². The maximum atomic E-state index is 12.0. The molecule has 1 saturated heterocycles. The molecule has 90 valence electrons. The number of carbonyl (C=O) groups excluding carboxylic acids is 2. The molecule has 0 radical (unpaired) electrons. The fraction of sp³-hybridized carbons (Fsp3) is 0.667. The lowest BCUT2D eigenvalue weighted by atomic mass is 10.2. The van der Waals surface area contributed by atoms with Gasteiger partial charge in [-0.25, -0.2) is 0 Å². The van der Waals surface area contributed by atoms with Crippen LogP contribution in [-0.2, 0) is 9.59 Å². The van der Waals surface area contributed by atoms with Gasteiger partial charge >= 0.3 is 0 Å². The number of hydrogen-bond donors (Lipinski definition) is 1. The minimum Gasteiger partial charge on any atom is -0.299 e. The number of nitrogens with zero attached hydrogens (tertiary/aromatic N) is 1. The van der Waals surface area contributed by atoms with Gasteiger partial charge in [0, 0.05) is 12.1 Å². The number of carbonyl (C=O) groups is 2. The first kappa shape index (κ1) is 12.9. The second-order valence-electron chi connectivity index (χ2n) is 4.31. The zero-order valence-electron chi connectivity index (χ0n) is 10.2. The summed E-state index contributed by atoms with van der Waals surface area (Å²) in [5.41, 5.74) is 0. The lowest BCUT2D eigenvalue weighted by Crippen LogP contribution is -2.44. The molecule has 1 aliphatic rings. The average molecular weight is 224 g/mol. The van der Waals surface area contributed by atoms with Crippen molar-refractivity contribution in [2.24, 2.45) is 0 Å². The molecule has 3 atom stereocenters. The van der Waals surface area contributed by atoms with Gasteiger partial charge in [-0.05, 0) is 20.3 Å². The molecule has 1 fully saturated rings. The molecule has 1 N–H and O–H groups in total. The van der Waals surface area contributed by atoms with E-state index < -0.39 is 0 Å². The van der Waals surface area contributed by atoms with Gasteiger partial charge in [-0.2, -0.15) is 0 Å². The number of likely N-dealkylation sites (tertiary alicyclic amines) is 1. The summed E-state index contributed by atoms with van der Waals surface area (Å²) in [5.74, 6) is -0.179. The molecule has 0 spiro atoms. The fourth-order valence-corrected chi connectivity index (χ4v) is 1.81. The van der Waals surface area contributed by atoms with Crippen LogP contribution in [0, 0.1) is 0 Å². The van der Waals surface area contributed by atoms with Crippen LogP contribution >= 0.6 is 0 Å². The van der Waals surface area contributed by atoms with Crippen molar-refractivity contribution in [2.75, 3.05) is 0 Å². The standard InChI is InChI=1S/C12H20N2O2/c1-5-8(3)13-10-7-11(15)14(12(10)16)9(4)6-2/h5,8-10,13H,1,6-7H2,2-4H3. The largest absolute Gasteiger partial charge is 0.299 e. The van der Waals surface area contributed by atoms with Gasteiger partial charge in [-0.1, -0.05) is 13.0 Å². The van der Waals surface area contributed by atoms with Crippen LogP contribution in [0.15, 0.2) is 12.7 Å². The number of hydrogen-bond acceptors (Lipinski definition) is 3. The maximum Gasteiger partial charge on any atom is 0.247 e. The van der Waals surface area contributed by atoms with Gasteiger partial charge in [0.1, 0.15) is 0 Å². The second kappa shape index (κ2) is 5.25. The average Bonchev–Trinajstić information content (AvgIpc) is 2.53. The van der Waals surface area contributed by atoms with Crippen molar-refractivity contribution in [1.29, 1.82) is 0 Å². The van der Waals surface area contributed by atoms with Crippen molar-refractivity contribution in [3.8, 4) is 0 Å². The molecule has 1 heterocycles. The van der Waals surface area contributed by atoms with Crippen molar-refractivity contribution in [3.63, 3.8) is 0 Å². The van der Waals surface area contributed by atoms with Crippen LogP contribution in [0.4, 0.5) is 0 Å². The molecule has 2 amide bonds. The van der Waals surface area contributed by atoms with Crippen molar-refractivity contribution in [2.45, 2.75) is 51.7 Å². The quantitative estimate of drug-likeness (QED) is 0.561. The Morgan fingerprint density at radius 1 is 1.56 bits per heavy atom. The van der Waals surface area contributed by atoms with E-state index in [1.165, 1.54) is 4.90 Å². The van der Waals surface area contributed by atoms with E-state index in [0.717, 1.165) is 6.42 Å². The Balaban J connectivity index is 2.70. The minimum atomic E-state index is -0.380. The van der Waals surface area contributed by atoms with E-state index in [9.17, 15) is 9.59 Å². The molecule has 1 rings (SSSR count). The van der Waals surface area contributed by atoms with Crippen LogP contribution in [0.1, 0.15) is 33.6 Å². The second-order valence-corrected chi connectivity index (χ2v) is 4.31. The summed E-state index contributed by atoms with van der Waals surface area (Å²) in [4.78, 5) is 25.1. The van der Waals surface area contributed by atoms with Crippen LogP contribution in [0.5, 0.6) is 0 Å². The molecule has 0 saturated carbocycles. The first-order valence-corrected chi connectivity index (χ1v) is 5.75. The molecule has 0 bridgehead atoms. The lowest BCUT2D eigenvalue weighted by Gasteiger charge is -2.22. The van der Waals surface area contributed by atoms with Gasteiger partial charge in [0.05, 0.1) is 12.5 Å². The van der Waals surface area contributed by atoms with Crippen LogP contribution in [0.2, 0.25) is 0 Å². The van der Waals surface area contributed by atoms with Crippen LogP contribution < -0.4 is 5.32 Å². The molecule has 4 nitrogen and oxygen atoms in total. The van der Waals surface area contributed by atoms with Gasteiger partial charge in [0.15, 0.2) is 0 Å². The highest BCUT2D eigenvalue weighted by Crippen LogP contribution is 2.18. The Hall–Kier alpha value is -1.16. The molecule has 1 aliphatic heterocycles. The molecule has 0 aromatic heterocycles. The summed E-state index contributed by atoms with van der Waals surface area (Å²) in [5, 5.41) is 3.09. The summed E-state index contributed by atoms with van der Waals surface area (Å²) < 4.78 is 0. The zero-order chi connectivity index (χ0) is 12.3. The van der Waals surface area contributed by atoms with Gasteiger partial charge in [0.2, 0.25) is 11.8 Å². The third-order valence-corrected chi connectivity index (χ3v) is 3.03. The Morgan fingerprint density at radius 2 is 2.19 bits per heavy atom. The molecule has 0 aromatic carbocycles. The molecular formula is C12H20N2O2. The summed E-state index contributed by atoms with van der Waals surface area (Å²) >= 11 is 0. The molecule has 4 heteroatoms. The Bertz CT molecular complexity index is 301. The van der Waals surface area contributed by atoms with E-state index in [0.29, 0.717) is 0 Å². The molecule has 16 heavy (non-hydrogen) atoms. The number of amides is 2. The normalized spacial score (nSPS) is 24.7. The zero-order valence-corrected chi connectivity index (χ0v) is 10.2. The van der Waals surface area contributed by atoms with Crippen molar-refractivity contribution in [3.05, 3.63) is 12.7 Å². The molecule has 3 unspecified atom stereocenters. The first-order valence-electron chi connectivity index (χ1n) is 5.75. The highest BCUT2D eigenvalue weighted by atomic mass is 16.2. The van der Waals surface area contributed by atoms with Crippen molar-refractivity contribution in [1.82, 2.24) is 10.2 Å². The number of imide groups is 1. The highest BCUT2D eigenvalue weighted by Gasteiger charge is 2.40. The smallest absolute Gasteiger partial charge is 0.247 e. The fourth-order valence-electron chi connectivity index (χ4n) is 1.81. The van der Waals surface area contributed by atoms with Crippen LogP contribution in [-0.4, -0.2) is 34.8 Å². The minimum absolute atomic E-state index is 0.00848. The van der Waals surface area contributed by atoms with Crippen molar-refractivity contribution >= 4 is 11.8 Å². The number of rotatable bonds is 5. The Kier molecular flexibility index (Phi) is 4.24. The molecule has 0 aliphatic carbocycles. The summed E-state index contributed by atoms with van der Waals surface area (Å²) in [6, 6.07) is -0.348. The third kappa shape index (κ3) is 2.50. The summed E-state index contributed by atoms with van der Waals surface area (Å²) in [7, 11) is 0. The van der Waals surface area contributed by atoms with Crippen LogP contribution in [0.3, 0.4) is 0 Å². The SMILES string of the molecule is C=CC(C)NC1CC(=O)N(C(C)CC)C1=O. The number of nitrogens with one attached hydrogen (secondary N) is 1. The predicted molar refractivity (Wildman–Crippen MR) is 62.8 cm³/mol. The van der Waals surface area contributed by atoms with E-state index in [-0.39, 0.29) is 36.4 Å². The van der Waals surface area contributed by atoms with Crippen LogP contribution in [0.25, 0.3) is 0 Å². The summed E-state index contributed by atoms with van der Waals surface area (Å²) in [6.45, 7) is 9.43. The maximum absolute atomic E-state index is 12.0. The summed E-state index contributed by atoms with van der Waals surface area (Å²) in [6.07, 6.45) is 2.78. The first-order chi connectivity index (χ1) is 7.51. The monoisotopic (exact) mass is 224 g/mol. The van der Waals surface area contributed by atoms with Crippen molar-refractivity contribution < 1.29 is 9.59 Å². The van der Waals surface area contributed by atoms with Gasteiger partial charge in [-0.15, -0.1) is 6.58 Å². The van der Waals surface area contributed by atoms with E-state index in [1.54, 1.807) is 6.08 Å². The predicted octanol–water partition coefficient (Wildman–Crippen LogP) is 1.08. The van der Waals surface area contributed by atoms with Gasteiger partial charge < -0.3 is 0 Å². The van der Waals surface area contributed by atoms with E-state index in [4.69, 9.17) is 0 Å². The highest BCUT2D eigenvalue weighted by molar-refractivity contribution is 6.05. The van der Waals surface area contributed by atoms with E-state index in [1.807, 2.05) is 20.8 Å². The molecule has 0 aromatic rings. The third-order valence-electron chi connectivity index (χ3n) is 3.03. The molecular weight excluding hydrogens is 204 g/mol. The lowest BCUT2D eigenvalue weighted by molar-refractivity contribution is -0.141.